The number of aromatic nitrogens is 2. The highest BCUT2D eigenvalue weighted by atomic mass is 16.5. The molecular formula is C29H29N3O. The number of hydrogen-bond acceptors (Lipinski definition) is 4. The summed E-state index contributed by atoms with van der Waals surface area (Å²) in [4.78, 5) is 12.0. The quantitative estimate of drug-likeness (QED) is 0.369. The number of rotatable bonds is 4. The van der Waals surface area contributed by atoms with Gasteiger partial charge in [0.25, 0.3) is 0 Å². The van der Waals surface area contributed by atoms with E-state index in [0.717, 1.165) is 29.9 Å². The van der Waals surface area contributed by atoms with Crippen molar-refractivity contribution in [2.75, 3.05) is 18.0 Å². The summed E-state index contributed by atoms with van der Waals surface area (Å²) in [5.41, 5.74) is 8.34. The Morgan fingerprint density at radius 3 is 2.30 bits per heavy atom. The molecule has 166 valence electrons. The Balaban J connectivity index is 1.41. The molecule has 33 heavy (non-hydrogen) atoms. The summed E-state index contributed by atoms with van der Waals surface area (Å²) in [5, 5.41) is 1.26. The highest BCUT2D eigenvalue weighted by Crippen LogP contribution is 2.48. The molecule has 6 rings (SSSR count). The van der Waals surface area contributed by atoms with Crippen molar-refractivity contribution >= 4 is 16.6 Å². The standard InChI is InChI=1S/C29H29N3O/c1-19-17-32(18-20(2)33-19)23-13-11-21(12-14-23)26-16-31-29-24(27-8-3-4-15-30-27)6-5-7-25(29)28(26)22-9-10-22/h3-8,11-16,19-20,22H,9-10,17-18H2,1-2H3. The summed E-state index contributed by atoms with van der Waals surface area (Å²) < 4.78 is 5.91. The molecule has 0 radical (unpaired) electrons. The number of hydrogen-bond donors (Lipinski definition) is 0. The monoisotopic (exact) mass is 435 g/mol. The van der Waals surface area contributed by atoms with Crippen molar-refractivity contribution in [3.63, 3.8) is 0 Å². The van der Waals surface area contributed by atoms with Crippen molar-refractivity contribution in [2.45, 2.75) is 44.8 Å². The average molecular weight is 436 g/mol. The van der Waals surface area contributed by atoms with E-state index < -0.39 is 0 Å². The number of nitrogens with zero attached hydrogens (tertiary/aromatic N) is 3. The molecule has 2 unspecified atom stereocenters. The predicted octanol–water partition coefficient (Wildman–Crippen LogP) is 6.45. The highest BCUT2D eigenvalue weighted by Gasteiger charge is 2.29. The van der Waals surface area contributed by atoms with Gasteiger partial charge in [-0.05, 0) is 68.0 Å². The molecule has 1 aliphatic carbocycles. The number of para-hydroxylation sites is 1. The molecule has 2 aliphatic rings. The van der Waals surface area contributed by atoms with E-state index in [1.165, 1.54) is 40.6 Å². The molecule has 0 bridgehead atoms. The SMILES string of the molecule is CC1CN(c2ccc(-c3cnc4c(-c5ccccn5)cccc4c3C3CC3)cc2)CC(C)O1. The second-order valence-corrected chi connectivity index (χ2v) is 9.49. The maximum atomic E-state index is 5.91. The van der Waals surface area contributed by atoms with Crippen molar-refractivity contribution in [3.05, 3.63) is 78.6 Å². The lowest BCUT2D eigenvalue weighted by Gasteiger charge is -2.37. The van der Waals surface area contributed by atoms with Gasteiger partial charge in [0.05, 0.1) is 23.4 Å². The van der Waals surface area contributed by atoms with Crippen LogP contribution in [0.4, 0.5) is 5.69 Å². The van der Waals surface area contributed by atoms with Gasteiger partial charge < -0.3 is 9.64 Å². The van der Waals surface area contributed by atoms with Gasteiger partial charge in [0.1, 0.15) is 0 Å². The Labute approximate surface area is 195 Å². The first-order valence-electron chi connectivity index (χ1n) is 12.0. The first kappa shape index (κ1) is 20.4. The van der Waals surface area contributed by atoms with Crippen LogP contribution in [-0.2, 0) is 4.74 Å². The summed E-state index contributed by atoms with van der Waals surface area (Å²) in [6.07, 6.45) is 6.95. The van der Waals surface area contributed by atoms with Crippen molar-refractivity contribution in [2.24, 2.45) is 0 Å². The Bertz CT molecular complexity index is 1270. The largest absolute Gasteiger partial charge is 0.372 e. The van der Waals surface area contributed by atoms with Crippen LogP contribution in [0.3, 0.4) is 0 Å². The summed E-state index contributed by atoms with van der Waals surface area (Å²) in [7, 11) is 0. The summed E-state index contributed by atoms with van der Waals surface area (Å²) >= 11 is 0. The zero-order valence-electron chi connectivity index (χ0n) is 19.2. The Kier molecular flexibility index (Phi) is 5.11. The van der Waals surface area contributed by atoms with E-state index in [9.17, 15) is 0 Å². The highest BCUT2D eigenvalue weighted by molar-refractivity contribution is 5.98. The first-order chi connectivity index (χ1) is 16.2. The van der Waals surface area contributed by atoms with Crippen LogP contribution < -0.4 is 4.90 Å². The molecule has 0 amide bonds. The van der Waals surface area contributed by atoms with Gasteiger partial charge in [0, 0.05) is 47.7 Å². The molecule has 4 aromatic rings. The smallest absolute Gasteiger partial charge is 0.0799 e. The number of pyridine rings is 2. The summed E-state index contributed by atoms with van der Waals surface area (Å²) in [5.74, 6) is 0.616. The van der Waals surface area contributed by atoms with Crippen molar-refractivity contribution in [1.82, 2.24) is 9.97 Å². The van der Waals surface area contributed by atoms with Gasteiger partial charge in [-0.3, -0.25) is 9.97 Å². The molecule has 0 spiro atoms. The van der Waals surface area contributed by atoms with E-state index in [1.807, 2.05) is 18.3 Å². The van der Waals surface area contributed by atoms with Gasteiger partial charge >= 0.3 is 0 Å². The third kappa shape index (κ3) is 3.89. The number of ether oxygens (including phenoxy) is 1. The number of anilines is 1. The number of morpholine rings is 1. The molecule has 1 saturated carbocycles. The maximum absolute atomic E-state index is 5.91. The van der Waals surface area contributed by atoms with E-state index in [1.54, 1.807) is 0 Å². The third-order valence-corrected chi connectivity index (χ3v) is 6.83. The Hall–Kier alpha value is -3.24. The van der Waals surface area contributed by atoms with Crippen molar-refractivity contribution < 1.29 is 4.74 Å². The van der Waals surface area contributed by atoms with Gasteiger partial charge in [-0.25, -0.2) is 0 Å². The van der Waals surface area contributed by atoms with Crippen LogP contribution in [0, 0.1) is 0 Å². The van der Waals surface area contributed by atoms with Crippen LogP contribution in [0.15, 0.2) is 73.1 Å². The van der Waals surface area contributed by atoms with Gasteiger partial charge in [0.2, 0.25) is 0 Å². The molecule has 2 aromatic carbocycles. The minimum atomic E-state index is 0.257. The second-order valence-electron chi connectivity index (χ2n) is 9.49. The average Bonchev–Trinajstić information content (AvgIpc) is 3.68. The second kappa shape index (κ2) is 8.27. The molecule has 2 fully saturated rings. The molecule has 1 aliphatic heterocycles. The molecule has 0 N–H and O–H groups in total. The molecule has 2 aromatic heterocycles. The molecule has 1 saturated heterocycles. The van der Waals surface area contributed by atoms with Crippen LogP contribution in [0.1, 0.15) is 38.2 Å². The van der Waals surface area contributed by atoms with Crippen molar-refractivity contribution in [3.8, 4) is 22.4 Å². The molecular weight excluding hydrogens is 406 g/mol. The van der Waals surface area contributed by atoms with Gasteiger partial charge in [-0.1, -0.05) is 36.4 Å². The van der Waals surface area contributed by atoms with Crippen LogP contribution in [0.5, 0.6) is 0 Å². The Morgan fingerprint density at radius 1 is 0.818 bits per heavy atom. The number of benzene rings is 2. The van der Waals surface area contributed by atoms with Gasteiger partial charge in [-0.15, -0.1) is 0 Å². The topological polar surface area (TPSA) is 38.2 Å². The lowest BCUT2D eigenvalue weighted by atomic mass is 9.92. The van der Waals surface area contributed by atoms with E-state index in [0.29, 0.717) is 5.92 Å². The van der Waals surface area contributed by atoms with E-state index >= 15 is 0 Å². The minimum Gasteiger partial charge on any atom is -0.372 e. The Morgan fingerprint density at radius 2 is 1.61 bits per heavy atom. The van der Waals surface area contributed by atoms with Crippen LogP contribution in [-0.4, -0.2) is 35.3 Å². The molecule has 4 heteroatoms. The summed E-state index contributed by atoms with van der Waals surface area (Å²) in [6.45, 7) is 6.17. The van der Waals surface area contributed by atoms with E-state index in [4.69, 9.17) is 9.72 Å². The van der Waals surface area contributed by atoms with Crippen LogP contribution in [0.2, 0.25) is 0 Å². The fourth-order valence-electron chi connectivity index (χ4n) is 5.25. The van der Waals surface area contributed by atoms with E-state index in [2.05, 4.69) is 78.5 Å². The predicted molar refractivity (Wildman–Crippen MR) is 135 cm³/mol. The minimum absolute atomic E-state index is 0.257. The van der Waals surface area contributed by atoms with Gasteiger partial charge in [-0.2, -0.15) is 0 Å². The molecule has 2 atom stereocenters. The first-order valence-corrected chi connectivity index (χ1v) is 12.0. The number of fused-ring (bicyclic) bond motifs is 1. The lowest BCUT2D eigenvalue weighted by Crippen LogP contribution is -2.45. The molecule has 3 heterocycles. The van der Waals surface area contributed by atoms with Crippen molar-refractivity contribution in [1.29, 1.82) is 0 Å². The fourth-order valence-corrected chi connectivity index (χ4v) is 5.25. The fraction of sp³-hybridized carbons (Fsp3) is 0.310. The normalized spacial score (nSPS) is 20.8. The van der Waals surface area contributed by atoms with E-state index in [-0.39, 0.29) is 12.2 Å². The van der Waals surface area contributed by atoms with Gasteiger partial charge in [0.15, 0.2) is 0 Å². The zero-order chi connectivity index (χ0) is 22.4. The van der Waals surface area contributed by atoms with Crippen LogP contribution in [0.25, 0.3) is 33.3 Å². The summed E-state index contributed by atoms with van der Waals surface area (Å²) in [6, 6.07) is 21.6. The maximum Gasteiger partial charge on any atom is 0.0799 e. The van der Waals surface area contributed by atoms with Crippen LogP contribution >= 0.6 is 0 Å². The zero-order valence-corrected chi connectivity index (χ0v) is 19.2. The third-order valence-electron chi connectivity index (χ3n) is 6.83. The molecule has 4 nitrogen and oxygen atoms in total. The lowest BCUT2D eigenvalue weighted by molar-refractivity contribution is -0.00521.